The fourth-order valence-corrected chi connectivity index (χ4v) is 5.69. The van der Waals surface area contributed by atoms with Gasteiger partial charge in [-0.2, -0.15) is 0 Å². The topological polar surface area (TPSA) is 107 Å². The highest BCUT2D eigenvalue weighted by atomic mass is 16.3. The van der Waals surface area contributed by atoms with E-state index in [0.29, 0.717) is 24.8 Å². The Morgan fingerprint density at radius 2 is 1.27 bits per heavy atom. The van der Waals surface area contributed by atoms with E-state index < -0.39 is 24.1 Å². The molecule has 1 fully saturated rings. The van der Waals surface area contributed by atoms with Crippen molar-refractivity contribution in [1.29, 1.82) is 0 Å². The van der Waals surface area contributed by atoms with Crippen LogP contribution in [0.3, 0.4) is 0 Å². The normalized spacial score (nSPS) is 18.9. The Labute approximate surface area is 240 Å². The molecule has 0 aromatic heterocycles. The number of aliphatic hydroxyl groups is 1. The maximum atomic E-state index is 14.4. The second kappa shape index (κ2) is 12.7. The van der Waals surface area contributed by atoms with Gasteiger partial charge in [-0.15, -0.1) is 0 Å². The number of aromatic hydroxyl groups is 1. The second-order valence-electron chi connectivity index (χ2n) is 10.6. The van der Waals surface area contributed by atoms with Gasteiger partial charge in [0.1, 0.15) is 5.75 Å². The lowest BCUT2D eigenvalue weighted by molar-refractivity contribution is -0.0453. The molecule has 5 rings (SSSR count). The van der Waals surface area contributed by atoms with E-state index in [1.165, 1.54) is 0 Å². The van der Waals surface area contributed by atoms with Crippen LogP contribution in [0.4, 0.5) is 4.79 Å². The fraction of sp³-hybridized carbons (Fsp3) is 0.235. The van der Waals surface area contributed by atoms with Crippen LogP contribution in [0, 0.1) is 0 Å². The van der Waals surface area contributed by atoms with Gasteiger partial charge in [0.05, 0.1) is 18.2 Å². The van der Waals surface area contributed by atoms with Crippen LogP contribution in [-0.4, -0.2) is 50.1 Å². The number of hydrogen-bond acceptors (Lipinski definition) is 4. The average Bonchev–Trinajstić information content (AvgIpc) is 2.98. The summed E-state index contributed by atoms with van der Waals surface area (Å²) < 4.78 is 0. The molecule has 0 radical (unpaired) electrons. The van der Waals surface area contributed by atoms with Gasteiger partial charge in [-0.25, -0.2) is 4.79 Å². The Hall–Kier alpha value is -4.62. The largest absolute Gasteiger partial charge is 0.508 e. The highest BCUT2D eigenvalue weighted by molar-refractivity contribution is 5.92. The Bertz CT molecular complexity index is 1480. The first kappa shape index (κ1) is 27.9. The van der Waals surface area contributed by atoms with Gasteiger partial charge in [0, 0.05) is 18.7 Å². The van der Waals surface area contributed by atoms with Gasteiger partial charge in [-0.3, -0.25) is 4.79 Å². The van der Waals surface area contributed by atoms with Gasteiger partial charge in [-0.05, 0) is 65.8 Å². The summed E-state index contributed by atoms with van der Waals surface area (Å²) >= 11 is 0. The number of aryl methyl sites for hydroxylation is 1. The predicted molar refractivity (Wildman–Crippen MR) is 158 cm³/mol. The number of nitrogens with two attached hydrogens (primary N) is 1. The molecule has 4 aromatic rings. The van der Waals surface area contributed by atoms with Crippen molar-refractivity contribution in [2.45, 2.75) is 50.5 Å². The third-order valence-corrected chi connectivity index (χ3v) is 7.77. The number of urea groups is 1. The molecule has 0 unspecified atom stereocenters. The minimum atomic E-state index is -0.853. The first-order valence-electron chi connectivity index (χ1n) is 13.9. The van der Waals surface area contributed by atoms with Crippen LogP contribution < -0.4 is 5.73 Å². The molecule has 7 heteroatoms. The van der Waals surface area contributed by atoms with Gasteiger partial charge >= 0.3 is 6.03 Å². The lowest BCUT2D eigenvalue weighted by atomic mass is 9.88. The first-order valence-corrected chi connectivity index (χ1v) is 13.9. The summed E-state index contributed by atoms with van der Waals surface area (Å²) in [6, 6.07) is 32.5. The molecule has 1 aliphatic heterocycles. The number of phenolic OH excluding ortho intramolecular Hbond substituents is 1. The van der Waals surface area contributed by atoms with Gasteiger partial charge in [-0.1, -0.05) is 84.9 Å². The Morgan fingerprint density at radius 1 is 0.707 bits per heavy atom. The lowest BCUT2D eigenvalue weighted by Crippen LogP contribution is -2.66. The summed E-state index contributed by atoms with van der Waals surface area (Å²) in [5.74, 6) is -0.418. The van der Waals surface area contributed by atoms with E-state index in [2.05, 4.69) is 0 Å². The van der Waals surface area contributed by atoms with Gasteiger partial charge in [0.2, 0.25) is 5.91 Å². The zero-order valence-electron chi connectivity index (χ0n) is 22.8. The number of carbonyl (C=O) groups is 2. The van der Waals surface area contributed by atoms with Crippen molar-refractivity contribution in [3.63, 3.8) is 0 Å². The van der Waals surface area contributed by atoms with Crippen molar-refractivity contribution in [2.75, 3.05) is 0 Å². The highest BCUT2D eigenvalue weighted by Gasteiger charge is 2.45. The number of primary amides is 1. The van der Waals surface area contributed by atoms with E-state index in [4.69, 9.17) is 5.73 Å². The zero-order valence-corrected chi connectivity index (χ0v) is 22.8. The van der Waals surface area contributed by atoms with Crippen LogP contribution in [0.5, 0.6) is 5.75 Å². The minimum absolute atomic E-state index is 0.118. The Kier molecular flexibility index (Phi) is 8.65. The van der Waals surface area contributed by atoms with Crippen LogP contribution in [0.1, 0.15) is 39.0 Å². The Balaban J connectivity index is 1.52. The molecule has 0 spiro atoms. The quantitative estimate of drug-likeness (QED) is 0.262. The van der Waals surface area contributed by atoms with E-state index >= 15 is 0 Å². The third-order valence-electron chi connectivity index (χ3n) is 7.77. The first-order chi connectivity index (χ1) is 19.9. The summed E-state index contributed by atoms with van der Waals surface area (Å²) in [4.78, 5) is 29.7. The number of phenols is 1. The molecule has 41 heavy (non-hydrogen) atoms. The molecule has 4 aromatic carbocycles. The molecule has 1 aliphatic rings. The van der Waals surface area contributed by atoms with Gasteiger partial charge < -0.3 is 25.7 Å². The summed E-state index contributed by atoms with van der Waals surface area (Å²) in [7, 11) is 0. The lowest BCUT2D eigenvalue weighted by Gasteiger charge is -2.49. The molecule has 4 N–H and O–H groups in total. The summed E-state index contributed by atoms with van der Waals surface area (Å²) in [5.41, 5.74) is 9.57. The molecular formula is C34H35N3O4. The molecule has 7 nitrogen and oxygen atoms in total. The van der Waals surface area contributed by atoms with E-state index in [1.807, 2.05) is 72.8 Å². The van der Waals surface area contributed by atoms with Crippen molar-refractivity contribution in [3.05, 3.63) is 137 Å². The number of hydrogen-bond donors (Lipinski definition) is 3. The molecule has 3 atom stereocenters. The molecule has 1 saturated heterocycles. The summed E-state index contributed by atoms with van der Waals surface area (Å²) in [6.45, 7) is 0.441. The minimum Gasteiger partial charge on any atom is -0.508 e. The summed E-state index contributed by atoms with van der Waals surface area (Å²) in [6.07, 6.45) is 0.892. The second-order valence-corrected chi connectivity index (χ2v) is 10.6. The predicted octanol–water partition coefficient (Wildman–Crippen LogP) is 4.90. The molecular weight excluding hydrogens is 514 g/mol. The van der Waals surface area contributed by atoms with Gasteiger partial charge in [0.15, 0.2) is 0 Å². The van der Waals surface area contributed by atoms with Crippen LogP contribution in [0.15, 0.2) is 109 Å². The SMILES string of the molecule is NC(=O)c1cccc(CN2C(=O)N(Cc3cccc(O)c3)[C@H](Cc3ccccc3)[C@H](O)[C@H]2CCc2ccccc2)c1. The highest BCUT2D eigenvalue weighted by Crippen LogP contribution is 2.31. The molecule has 0 bridgehead atoms. The smallest absolute Gasteiger partial charge is 0.321 e. The number of amides is 3. The maximum absolute atomic E-state index is 14.4. The van der Waals surface area contributed by atoms with E-state index in [-0.39, 0.29) is 24.9 Å². The zero-order chi connectivity index (χ0) is 28.8. The standard InChI is InChI=1S/C34H35N3O4/c35-33(40)28-15-7-13-26(19-28)22-36-30(18-17-24-9-3-1-4-10-24)32(39)31(21-25-11-5-2-6-12-25)37(34(36)41)23-27-14-8-16-29(38)20-27/h1-16,19-20,30-32,38-39H,17-18,21-23H2,(H2,35,40)/t30-,31-,32-/m1/s1. The molecule has 3 amide bonds. The number of rotatable bonds is 10. The molecule has 0 saturated carbocycles. The van der Waals surface area contributed by atoms with Crippen molar-refractivity contribution < 1.29 is 19.8 Å². The van der Waals surface area contributed by atoms with Crippen molar-refractivity contribution in [2.24, 2.45) is 5.73 Å². The Morgan fingerprint density at radius 3 is 1.90 bits per heavy atom. The van der Waals surface area contributed by atoms with Crippen LogP contribution in [-0.2, 0) is 25.9 Å². The van der Waals surface area contributed by atoms with Crippen molar-refractivity contribution in [1.82, 2.24) is 9.80 Å². The van der Waals surface area contributed by atoms with Crippen molar-refractivity contribution in [3.8, 4) is 5.75 Å². The van der Waals surface area contributed by atoms with Gasteiger partial charge in [0.25, 0.3) is 0 Å². The molecule has 0 aliphatic carbocycles. The average molecular weight is 550 g/mol. The third kappa shape index (κ3) is 6.76. The number of carbonyl (C=O) groups excluding carboxylic acids is 2. The number of nitrogens with zero attached hydrogens (tertiary/aromatic N) is 2. The van der Waals surface area contributed by atoms with Crippen LogP contribution in [0.25, 0.3) is 0 Å². The van der Waals surface area contributed by atoms with E-state index in [0.717, 1.165) is 22.3 Å². The van der Waals surface area contributed by atoms with Crippen molar-refractivity contribution >= 4 is 11.9 Å². The maximum Gasteiger partial charge on any atom is 0.321 e. The number of aliphatic hydroxyl groups excluding tert-OH is 1. The van der Waals surface area contributed by atoms with E-state index in [9.17, 15) is 19.8 Å². The monoisotopic (exact) mass is 549 g/mol. The number of benzene rings is 4. The fourth-order valence-electron chi connectivity index (χ4n) is 5.69. The summed E-state index contributed by atoms with van der Waals surface area (Å²) in [5, 5.41) is 22.1. The molecule has 210 valence electrons. The van der Waals surface area contributed by atoms with Crippen LogP contribution >= 0.6 is 0 Å². The molecule has 1 heterocycles. The van der Waals surface area contributed by atoms with Crippen LogP contribution in [0.2, 0.25) is 0 Å². The van der Waals surface area contributed by atoms with E-state index in [1.54, 1.807) is 46.2 Å².